The minimum atomic E-state index is -0.307. The predicted molar refractivity (Wildman–Crippen MR) is 116 cm³/mol. The Morgan fingerprint density at radius 3 is 2.44 bits per heavy atom. The van der Waals surface area contributed by atoms with Crippen LogP contribution in [-0.2, 0) is 6.61 Å². The summed E-state index contributed by atoms with van der Waals surface area (Å²) in [5.74, 6) is 0.570. The molecule has 2 aromatic carbocycles. The molecule has 0 aliphatic carbocycles. The van der Waals surface area contributed by atoms with E-state index in [2.05, 4.69) is 15.3 Å². The van der Waals surface area contributed by atoms with Crippen molar-refractivity contribution in [3.63, 3.8) is 0 Å². The van der Waals surface area contributed by atoms with Gasteiger partial charge in [0, 0.05) is 44.1 Å². The molecule has 1 aromatic heterocycles. The lowest BCUT2D eigenvalue weighted by atomic mass is 10.1. The Hall–Kier alpha value is -4.01. The quantitative estimate of drug-likeness (QED) is 0.665. The first kappa shape index (κ1) is 21.2. The fourth-order valence-electron chi connectivity index (χ4n) is 3.33. The number of anilines is 1. The predicted octanol–water partition coefficient (Wildman–Crippen LogP) is 3.18. The highest BCUT2D eigenvalue weighted by atomic mass is 19.1. The number of carbonyl (C=O) groups excluding carboxylic acids is 2. The summed E-state index contributed by atoms with van der Waals surface area (Å²) in [5, 5.41) is 2.70. The van der Waals surface area contributed by atoms with E-state index < -0.39 is 0 Å². The largest absolute Gasteiger partial charge is 0.489 e. The number of aromatic nitrogens is 2. The van der Waals surface area contributed by atoms with Crippen molar-refractivity contribution >= 4 is 17.8 Å². The lowest BCUT2D eigenvalue weighted by molar-refractivity contribution is 0.0671. The van der Waals surface area contributed by atoms with Crippen LogP contribution in [0, 0.1) is 5.82 Å². The van der Waals surface area contributed by atoms with Crippen LogP contribution in [0.4, 0.5) is 15.0 Å². The number of ether oxygens (including phenoxy) is 1. The highest BCUT2D eigenvalue weighted by Crippen LogP contribution is 2.17. The lowest BCUT2D eigenvalue weighted by Crippen LogP contribution is -2.51. The number of hydrogen-bond donors (Lipinski definition) is 1. The van der Waals surface area contributed by atoms with Crippen LogP contribution in [-0.4, -0.2) is 57.9 Å². The molecule has 9 heteroatoms. The summed E-state index contributed by atoms with van der Waals surface area (Å²) in [6.45, 7) is 1.96. The Bertz CT molecular complexity index is 1070. The normalized spacial score (nSPS) is 13.5. The van der Waals surface area contributed by atoms with Gasteiger partial charge in [0.1, 0.15) is 18.2 Å². The SMILES string of the molecule is O=C(Nc1cnccn1)N1CCN(C(=O)c2ccc(OCc3cccc(F)c3)cc2)CC1. The molecule has 164 valence electrons. The van der Waals surface area contributed by atoms with Crippen LogP contribution >= 0.6 is 0 Å². The number of halogens is 1. The Kier molecular flexibility index (Phi) is 6.54. The Labute approximate surface area is 184 Å². The molecule has 8 nitrogen and oxygen atoms in total. The molecule has 1 aliphatic rings. The van der Waals surface area contributed by atoms with E-state index in [1.165, 1.54) is 30.7 Å². The van der Waals surface area contributed by atoms with E-state index in [9.17, 15) is 14.0 Å². The molecule has 3 aromatic rings. The van der Waals surface area contributed by atoms with E-state index in [1.54, 1.807) is 46.2 Å². The molecule has 0 bridgehead atoms. The molecule has 1 N–H and O–H groups in total. The van der Waals surface area contributed by atoms with Crippen LogP contribution in [0.15, 0.2) is 67.1 Å². The van der Waals surface area contributed by atoms with Crippen molar-refractivity contribution in [1.82, 2.24) is 19.8 Å². The minimum absolute atomic E-state index is 0.101. The van der Waals surface area contributed by atoms with Crippen LogP contribution in [0.5, 0.6) is 5.75 Å². The summed E-state index contributed by atoms with van der Waals surface area (Å²) < 4.78 is 18.9. The topological polar surface area (TPSA) is 87.7 Å². The first-order valence-corrected chi connectivity index (χ1v) is 10.2. The van der Waals surface area contributed by atoms with Gasteiger partial charge in [0.05, 0.1) is 6.20 Å². The van der Waals surface area contributed by atoms with E-state index in [4.69, 9.17) is 4.74 Å². The number of carbonyl (C=O) groups is 2. The van der Waals surface area contributed by atoms with Gasteiger partial charge in [0.15, 0.2) is 5.82 Å². The van der Waals surface area contributed by atoms with E-state index in [-0.39, 0.29) is 24.4 Å². The maximum absolute atomic E-state index is 13.2. The van der Waals surface area contributed by atoms with Crippen molar-refractivity contribution in [3.05, 3.63) is 84.1 Å². The average Bonchev–Trinajstić information content (AvgIpc) is 2.83. The van der Waals surface area contributed by atoms with Crippen LogP contribution in [0.2, 0.25) is 0 Å². The molecule has 0 saturated carbocycles. The minimum Gasteiger partial charge on any atom is -0.489 e. The second-order valence-electron chi connectivity index (χ2n) is 7.24. The summed E-state index contributed by atoms with van der Waals surface area (Å²) in [6, 6.07) is 12.8. The number of nitrogens with zero attached hydrogens (tertiary/aromatic N) is 4. The third-order valence-electron chi connectivity index (χ3n) is 5.05. The van der Waals surface area contributed by atoms with Gasteiger partial charge in [-0.15, -0.1) is 0 Å². The molecule has 0 spiro atoms. The van der Waals surface area contributed by atoms with Gasteiger partial charge in [-0.05, 0) is 42.0 Å². The van der Waals surface area contributed by atoms with E-state index >= 15 is 0 Å². The van der Waals surface area contributed by atoms with Gasteiger partial charge in [-0.2, -0.15) is 0 Å². The molecule has 0 atom stereocenters. The number of urea groups is 1. The zero-order valence-electron chi connectivity index (χ0n) is 17.3. The zero-order chi connectivity index (χ0) is 22.3. The molecule has 1 saturated heterocycles. The summed E-state index contributed by atoms with van der Waals surface area (Å²) in [4.78, 5) is 36.4. The molecule has 1 fully saturated rings. The van der Waals surface area contributed by atoms with Crippen molar-refractivity contribution in [2.24, 2.45) is 0 Å². The standard InChI is InChI=1S/C23H22FN5O3/c24-19-3-1-2-17(14-19)16-32-20-6-4-18(5-7-20)22(30)28-10-12-29(13-11-28)23(31)27-21-15-25-8-9-26-21/h1-9,14-15H,10-13,16H2,(H,26,27,31). The fraction of sp³-hybridized carbons (Fsp3) is 0.217. The first-order chi connectivity index (χ1) is 15.6. The third kappa shape index (κ3) is 5.37. The Morgan fingerprint density at radius 2 is 1.75 bits per heavy atom. The van der Waals surface area contributed by atoms with Crippen molar-refractivity contribution in [2.75, 3.05) is 31.5 Å². The van der Waals surface area contributed by atoms with Crippen LogP contribution < -0.4 is 10.1 Å². The van der Waals surface area contributed by atoms with E-state index in [0.717, 1.165) is 5.56 Å². The fourth-order valence-corrected chi connectivity index (χ4v) is 3.33. The molecule has 2 heterocycles. The smallest absolute Gasteiger partial charge is 0.323 e. The van der Waals surface area contributed by atoms with Gasteiger partial charge in [0.25, 0.3) is 5.91 Å². The van der Waals surface area contributed by atoms with E-state index in [1.807, 2.05) is 0 Å². The number of hydrogen-bond acceptors (Lipinski definition) is 5. The molecule has 4 rings (SSSR count). The van der Waals surface area contributed by atoms with E-state index in [0.29, 0.717) is 43.3 Å². The van der Waals surface area contributed by atoms with Gasteiger partial charge in [-0.3, -0.25) is 15.1 Å². The summed E-state index contributed by atoms with van der Waals surface area (Å²) in [7, 11) is 0. The number of nitrogens with one attached hydrogen (secondary N) is 1. The van der Waals surface area contributed by atoms with Crippen LogP contribution in [0.1, 0.15) is 15.9 Å². The second kappa shape index (κ2) is 9.86. The average molecular weight is 435 g/mol. The van der Waals surface area contributed by atoms with Gasteiger partial charge >= 0.3 is 6.03 Å². The van der Waals surface area contributed by atoms with Crippen molar-refractivity contribution in [1.29, 1.82) is 0 Å². The molecular weight excluding hydrogens is 413 g/mol. The van der Waals surface area contributed by atoms with Gasteiger partial charge in [-0.1, -0.05) is 12.1 Å². The molecule has 1 aliphatic heterocycles. The maximum Gasteiger partial charge on any atom is 0.323 e. The van der Waals surface area contributed by atoms with Crippen molar-refractivity contribution in [3.8, 4) is 5.75 Å². The zero-order valence-corrected chi connectivity index (χ0v) is 17.3. The number of piperazine rings is 1. The number of amides is 3. The molecule has 32 heavy (non-hydrogen) atoms. The molecular formula is C23H22FN5O3. The van der Waals surface area contributed by atoms with Crippen molar-refractivity contribution < 1.29 is 18.7 Å². The first-order valence-electron chi connectivity index (χ1n) is 10.2. The molecule has 0 radical (unpaired) electrons. The summed E-state index contributed by atoms with van der Waals surface area (Å²) in [6.07, 6.45) is 4.51. The number of benzene rings is 2. The van der Waals surface area contributed by atoms with Crippen LogP contribution in [0.25, 0.3) is 0 Å². The molecule has 0 unspecified atom stereocenters. The highest BCUT2D eigenvalue weighted by Gasteiger charge is 2.25. The van der Waals surface area contributed by atoms with Gasteiger partial charge in [0.2, 0.25) is 0 Å². The Balaban J connectivity index is 1.27. The van der Waals surface area contributed by atoms with Crippen LogP contribution in [0.3, 0.4) is 0 Å². The van der Waals surface area contributed by atoms with Gasteiger partial charge in [-0.25, -0.2) is 14.2 Å². The Morgan fingerprint density at radius 1 is 1.00 bits per heavy atom. The second-order valence-corrected chi connectivity index (χ2v) is 7.24. The summed E-state index contributed by atoms with van der Waals surface area (Å²) >= 11 is 0. The number of rotatable bonds is 5. The molecule has 3 amide bonds. The maximum atomic E-state index is 13.2. The summed E-state index contributed by atoms with van der Waals surface area (Å²) in [5.41, 5.74) is 1.27. The third-order valence-corrected chi connectivity index (χ3v) is 5.05. The highest BCUT2D eigenvalue weighted by molar-refractivity contribution is 5.94. The lowest BCUT2D eigenvalue weighted by Gasteiger charge is -2.34. The van der Waals surface area contributed by atoms with Crippen molar-refractivity contribution in [2.45, 2.75) is 6.61 Å². The van der Waals surface area contributed by atoms with Gasteiger partial charge < -0.3 is 14.5 Å². The monoisotopic (exact) mass is 435 g/mol.